The summed E-state index contributed by atoms with van der Waals surface area (Å²) in [5.41, 5.74) is 3.50. The number of methoxy groups -OCH3 is 2. The molecular formula is C33H27NO6. The molecule has 1 fully saturated rings. The first-order valence-corrected chi connectivity index (χ1v) is 12.8. The van der Waals surface area contributed by atoms with E-state index in [2.05, 4.69) is 6.07 Å². The fraction of sp³-hybridized carbons (Fsp3) is 0.182. The molecule has 0 aliphatic heterocycles. The number of rotatable bonds is 8. The molecule has 1 aliphatic carbocycles. The van der Waals surface area contributed by atoms with Crippen molar-refractivity contribution in [2.24, 2.45) is 11.8 Å². The summed E-state index contributed by atoms with van der Waals surface area (Å²) in [4.78, 5) is 26.6. The second-order valence-corrected chi connectivity index (χ2v) is 9.56. The molecule has 0 heterocycles. The molecule has 2 atom stereocenters. The summed E-state index contributed by atoms with van der Waals surface area (Å²) in [5, 5.41) is 19.4. The van der Waals surface area contributed by atoms with Crippen LogP contribution >= 0.6 is 0 Å². The van der Waals surface area contributed by atoms with E-state index >= 15 is 0 Å². The van der Waals surface area contributed by atoms with Gasteiger partial charge in [-0.25, -0.2) is 0 Å². The zero-order valence-electron chi connectivity index (χ0n) is 22.0. The lowest BCUT2D eigenvalue weighted by Gasteiger charge is -2.49. The first kappa shape index (κ1) is 26.5. The molecule has 1 aliphatic rings. The van der Waals surface area contributed by atoms with Crippen LogP contribution < -0.4 is 14.2 Å². The monoisotopic (exact) mass is 533 g/mol. The number of carboxylic acid groups (broad SMARTS) is 1. The first-order valence-electron chi connectivity index (χ1n) is 12.8. The van der Waals surface area contributed by atoms with Crippen molar-refractivity contribution in [2.45, 2.75) is 11.8 Å². The van der Waals surface area contributed by atoms with Gasteiger partial charge in [-0.2, -0.15) is 5.26 Å². The Morgan fingerprint density at radius 2 is 1.30 bits per heavy atom. The molecule has 0 radical (unpaired) electrons. The second-order valence-electron chi connectivity index (χ2n) is 9.56. The highest BCUT2D eigenvalue weighted by atomic mass is 16.5. The van der Waals surface area contributed by atoms with Crippen LogP contribution in [0.25, 0.3) is 11.1 Å². The Morgan fingerprint density at radius 1 is 0.725 bits per heavy atom. The van der Waals surface area contributed by atoms with Crippen LogP contribution in [0, 0.1) is 23.2 Å². The normalized spacial score (nSPS) is 19.5. The van der Waals surface area contributed by atoms with E-state index in [9.17, 15) is 14.7 Å². The highest BCUT2D eigenvalue weighted by Gasteiger charge is 2.60. The molecule has 0 aromatic heterocycles. The van der Waals surface area contributed by atoms with Gasteiger partial charge in [-0.3, -0.25) is 9.59 Å². The van der Waals surface area contributed by atoms with E-state index in [0.717, 1.165) is 11.1 Å². The SMILES string of the molecule is COc1ccccc1[C@@H]1[C@H](C(=O)O)[C@@H](c2ccccc2OC)[C@H]1C(=O)Oc1cccc(-c2ccc(C#N)cc2)c1. The van der Waals surface area contributed by atoms with Gasteiger partial charge in [0.05, 0.1) is 37.7 Å². The summed E-state index contributed by atoms with van der Waals surface area (Å²) in [6.45, 7) is 0. The van der Waals surface area contributed by atoms with E-state index in [1.807, 2.05) is 18.2 Å². The highest BCUT2D eigenvalue weighted by Crippen LogP contribution is 2.60. The van der Waals surface area contributed by atoms with Gasteiger partial charge in [0.15, 0.2) is 0 Å². The van der Waals surface area contributed by atoms with Gasteiger partial charge < -0.3 is 19.3 Å². The molecule has 1 saturated carbocycles. The number of ether oxygens (including phenoxy) is 3. The molecule has 7 heteroatoms. The highest BCUT2D eigenvalue weighted by molar-refractivity contribution is 5.86. The topological polar surface area (TPSA) is 106 Å². The number of para-hydroxylation sites is 2. The summed E-state index contributed by atoms with van der Waals surface area (Å²) < 4.78 is 17.0. The Bertz CT molecular complexity index is 1530. The average Bonchev–Trinajstić information content (AvgIpc) is 2.97. The van der Waals surface area contributed by atoms with Crippen molar-refractivity contribution >= 4 is 11.9 Å². The lowest BCUT2D eigenvalue weighted by molar-refractivity contribution is -0.158. The Labute approximate surface area is 232 Å². The van der Waals surface area contributed by atoms with Crippen molar-refractivity contribution < 1.29 is 28.9 Å². The van der Waals surface area contributed by atoms with E-state index in [1.165, 1.54) is 14.2 Å². The van der Waals surface area contributed by atoms with E-state index in [1.54, 1.807) is 78.9 Å². The van der Waals surface area contributed by atoms with Gasteiger partial charge in [0.1, 0.15) is 17.2 Å². The molecule has 1 N–H and O–H groups in total. The second kappa shape index (κ2) is 11.3. The predicted octanol–water partition coefficient (Wildman–Crippen LogP) is 6.05. The molecule has 0 spiro atoms. The molecule has 0 unspecified atom stereocenters. The summed E-state index contributed by atoms with van der Waals surface area (Å²) in [5.74, 6) is -3.28. The third-order valence-corrected chi connectivity index (χ3v) is 7.50. The van der Waals surface area contributed by atoms with Gasteiger partial charge in [-0.15, -0.1) is 0 Å². The third kappa shape index (κ3) is 4.87. The number of hydrogen-bond acceptors (Lipinski definition) is 6. The number of hydrogen-bond donors (Lipinski definition) is 1. The summed E-state index contributed by atoms with van der Waals surface area (Å²) in [6, 6.07) is 30.6. The number of nitrogens with zero attached hydrogens (tertiary/aromatic N) is 1. The van der Waals surface area contributed by atoms with Gasteiger partial charge in [0, 0.05) is 11.8 Å². The molecule has 40 heavy (non-hydrogen) atoms. The lowest BCUT2D eigenvalue weighted by Crippen LogP contribution is -2.52. The molecule has 5 rings (SSSR count). The number of esters is 1. The van der Waals surface area contributed by atoms with Crippen molar-refractivity contribution in [2.75, 3.05) is 14.2 Å². The standard InChI is InChI=1S/C33H27NO6/c1-38-26-12-5-3-10-24(26)28-30(32(35)36)29(25-11-4-6-13-27(25)39-2)31(28)33(37)40-23-9-7-8-22(18-23)21-16-14-20(19-34)15-17-21/h3-18,28-31H,1-2H3,(H,35,36)/t28-,29-,30-,31-/m1/s1. The number of aliphatic carboxylic acids is 1. The lowest BCUT2D eigenvalue weighted by atomic mass is 9.52. The molecule has 200 valence electrons. The van der Waals surface area contributed by atoms with E-state index in [-0.39, 0.29) is 0 Å². The molecule has 4 aromatic rings. The first-order chi connectivity index (χ1) is 19.5. The zero-order chi connectivity index (χ0) is 28.2. The van der Waals surface area contributed by atoms with Crippen LogP contribution in [0.1, 0.15) is 28.5 Å². The molecule has 0 saturated heterocycles. The van der Waals surface area contributed by atoms with Crippen molar-refractivity contribution in [3.05, 3.63) is 114 Å². The van der Waals surface area contributed by atoms with E-state index < -0.39 is 35.6 Å². The summed E-state index contributed by atoms with van der Waals surface area (Å²) in [7, 11) is 3.04. The molecule has 7 nitrogen and oxygen atoms in total. The van der Waals surface area contributed by atoms with Gasteiger partial charge in [0.25, 0.3) is 0 Å². The van der Waals surface area contributed by atoms with Crippen molar-refractivity contribution in [1.82, 2.24) is 0 Å². The fourth-order valence-electron chi connectivity index (χ4n) is 5.67. The largest absolute Gasteiger partial charge is 0.496 e. The van der Waals surface area contributed by atoms with Crippen LogP contribution in [0.3, 0.4) is 0 Å². The number of carbonyl (C=O) groups is 2. The Balaban J connectivity index is 1.54. The van der Waals surface area contributed by atoms with Gasteiger partial charge in [-0.05, 0) is 58.7 Å². The van der Waals surface area contributed by atoms with Crippen LogP contribution in [0.15, 0.2) is 97.1 Å². The smallest absolute Gasteiger partial charge is 0.315 e. The maximum Gasteiger partial charge on any atom is 0.315 e. The van der Waals surface area contributed by atoms with Crippen molar-refractivity contribution in [3.8, 4) is 34.4 Å². The Kier molecular flexibility index (Phi) is 7.52. The number of carboxylic acids is 1. The minimum Gasteiger partial charge on any atom is -0.496 e. The zero-order valence-corrected chi connectivity index (χ0v) is 22.0. The maximum atomic E-state index is 13.9. The van der Waals surface area contributed by atoms with E-state index in [0.29, 0.717) is 33.9 Å². The minimum absolute atomic E-state index is 0.336. The molecule has 4 aromatic carbocycles. The van der Waals surface area contributed by atoms with Gasteiger partial charge in [0.2, 0.25) is 0 Å². The molecular weight excluding hydrogens is 506 g/mol. The van der Waals surface area contributed by atoms with Crippen LogP contribution in [-0.4, -0.2) is 31.3 Å². The Hall–Kier alpha value is -5.09. The number of nitriles is 1. The van der Waals surface area contributed by atoms with Crippen LogP contribution in [0.5, 0.6) is 17.2 Å². The van der Waals surface area contributed by atoms with Crippen LogP contribution in [-0.2, 0) is 9.59 Å². The number of benzene rings is 4. The maximum absolute atomic E-state index is 13.9. The Morgan fingerprint density at radius 3 is 1.82 bits per heavy atom. The van der Waals surface area contributed by atoms with Crippen LogP contribution in [0.4, 0.5) is 0 Å². The number of carbonyl (C=O) groups excluding carboxylic acids is 1. The van der Waals surface area contributed by atoms with Gasteiger partial charge >= 0.3 is 11.9 Å². The van der Waals surface area contributed by atoms with Crippen molar-refractivity contribution in [3.63, 3.8) is 0 Å². The quantitative estimate of drug-likeness (QED) is 0.217. The molecule has 0 bridgehead atoms. The van der Waals surface area contributed by atoms with Gasteiger partial charge in [-0.1, -0.05) is 60.7 Å². The van der Waals surface area contributed by atoms with E-state index in [4.69, 9.17) is 19.5 Å². The third-order valence-electron chi connectivity index (χ3n) is 7.50. The van der Waals surface area contributed by atoms with Crippen LogP contribution in [0.2, 0.25) is 0 Å². The minimum atomic E-state index is -1.02. The predicted molar refractivity (Wildman–Crippen MR) is 148 cm³/mol. The molecule has 0 amide bonds. The summed E-state index contributed by atoms with van der Waals surface area (Å²) in [6.07, 6.45) is 0. The fourth-order valence-corrected chi connectivity index (χ4v) is 5.67. The average molecular weight is 534 g/mol. The summed E-state index contributed by atoms with van der Waals surface area (Å²) >= 11 is 0. The van der Waals surface area contributed by atoms with Crippen molar-refractivity contribution in [1.29, 1.82) is 5.26 Å².